The Morgan fingerprint density at radius 3 is 3.00 bits per heavy atom. The lowest BCUT2D eigenvalue weighted by molar-refractivity contribution is -0.125. The zero-order valence-electron chi connectivity index (χ0n) is 16.0. The van der Waals surface area contributed by atoms with Crippen molar-refractivity contribution in [2.24, 2.45) is 5.16 Å². The molecule has 2 aliphatic rings. The summed E-state index contributed by atoms with van der Waals surface area (Å²) in [7, 11) is 0. The Morgan fingerprint density at radius 2 is 2.20 bits per heavy atom. The van der Waals surface area contributed by atoms with E-state index in [2.05, 4.69) is 31.4 Å². The van der Waals surface area contributed by atoms with Crippen molar-refractivity contribution in [2.75, 3.05) is 13.1 Å². The lowest BCUT2D eigenvalue weighted by atomic mass is 10.2. The molecule has 1 fully saturated rings. The number of benzene rings is 1. The molecule has 3 atom stereocenters. The van der Waals surface area contributed by atoms with Crippen LogP contribution in [0.2, 0.25) is 0 Å². The molecule has 30 heavy (non-hydrogen) atoms. The zero-order valence-corrected chi connectivity index (χ0v) is 17.6. The largest absolute Gasteiger partial charge is 0.444 e. The maximum Gasteiger partial charge on any atom is 0.410 e. The molecule has 2 aliphatic heterocycles. The second-order valence-electron chi connectivity index (χ2n) is 7.29. The van der Waals surface area contributed by atoms with Gasteiger partial charge in [-0.3, -0.25) is 14.7 Å². The van der Waals surface area contributed by atoms with Crippen LogP contribution in [0.25, 0.3) is 10.9 Å². The van der Waals surface area contributed by atoms with Gasteiger partial charge in [0.15, 0.2) is 6.10 Å². The molecule has 2 aromatic rings. The van der Waals surface area contributed by atoms with E-state index in [1.54, 1.807) is 6.20 Å². The topological polar surface area (TPSA) is 113 Å². The molecule has 0 aliphatic carbocycles. The van der Waals surface area contributed by atoms with E-state index in [0.717, 1.165) is 16.5 Å². The van der Waals surface area contributed by atoms with Crippen LogP contribution in [-0.2, 0) is 21.0 Å². The van der Waals surface area contributed by atoms with Gasteiger partial charge in [-0.25, -0.2) is 4.79 Å². The van der Waals surface area contributed by atoms with Crippen molar-refractivity contribution in [3.8, 4) is 0 Å². The number of carbonyl (C=O) groups excluding carboxylic acids is 2. The Hall–Kier alpha value is -2.72. The number of para-hydroxylation sites is 1. The Labute approximate surface area is 181 Å². The van der Waals surface area contributed by atoms with Crippen molar-refractivity contribution in [2.45, 2.75) is 37.7 Å². The van der Waals surface area contributed by atoms with E-state index in [9.17, 15) is 14.7 Å². The number of ether oxygens (including phenoxy) is 1. The minimum Gasteiger partial charge on any atom is -0.444 e. The number of amides is 2. The van der Waals surface area contributed by atoms with Gasteiger partial charge in [-0.05, 0) is 28.1 Å². The molecular weight excluding hydrogens is 456 g/mol. The van der Waals surface area contributed by atoms with Gasteiger partial charge in [-0.1, -0.05) is 23.4 Å². The molecule has 9 nitrogen and oxygen atoms in total. The molecule has 2 N–H and O–H groups in total. The summed E-state index contributed by atoms with van der Waals surface area (Å²) in [6.45, 7) is 0.329. The number of hydrogen-bond acceptors (Lipinski definition) is 7. The summed E-state index contributed by atoms with van der Waals surface area (Å²) in [5, 5.41) is 17.5. The van der Waals surface area contributed by atoms with Crippen molar-refractivity contribution in [3.05, 3.63) is 42.1 Å². The van der Waals surface area contributed by atoms with E-state index in [1.165, 1.54) is 4.90 Å². The molecule has 0 spiro atoms. The fourth-order valence-corrected chi connectivity index (χ4v) is 3.97. The smallest absolute Gasteiger partial charge is 0.410 e. The average molecular weight is 477 g/mol. The molecule has 0 radical (unpaired) electrons. The molecule has 1 saturated heterocycles. The van der Waals surface area contributed by atoms with Crippen LogP contribution in [0.1, 0.15) is 18.4 Å². The Bertz CT molecular complexity index is 985. The third-order valence-electron chi connectivity index (χ3n) is 5.03. The summed E-state index contributed by atoms with van der Waals surface area (Å²) in [5.74, 6) is -0.359. The number of β-amino-alcohol motifs (C(OH)–C–C–N with tert-alkyl or cyclic N) is 1. The number of aromatic nitrogens is 1. The van der Waals surface area contributed by atoms with E-state index in [0.29, 0.717) is 11.0 Å². The van der Waals surface area contributed by atoms with Gasteiger partial charge < -0.3 is 20.0 Å². The average Bonchev–Trinajstić information content (AvgIpc) is 3.35. The normalized spacial score (nSPS) is 23.2. The molecule has 1 aromatic carbocycles. The maximum absolute atomic E-state index is 12.6. The number of halogens is 1. The first kappa shape index (κ1) is 20.5. The highest BCUT2D eigenvalue weighted by molar-refractivity contribution is 9.18. The molecule has 158 valence electrons. The van der Waals surface area contributed by atoms with E-state index in [4.69, 9.17) is 9.57 Å². The van der Waals surface area contributed by atoms with E-state index in [-0.39, 0.29) is 38.1 Å². The Balaban J connectivity index is 1.33. The lowest BCUT2D eigenvalue weighted by Crippen LogP contribution is -2.47. The highest BCUT2D eigenvalue weighted by Gasteiger charge is 2.40. The summed E-state index contributed by atoms with van der Waals surface area (Å²) in [4.78, 5) is 35.9. The van der Waals surface area contributed by atoms with Gasteiger partial charge >= 0.3 is 6.09 Å². The van der Waals surface area contributed by atoms with Crippen LogP contribution in [0.3, 0.4) is 0 Å². The SMILES string of the molecule is O=C(NCC1CC(Br)=NO1)C1CC(O)CN1C(=O)OCc1cnc2ccccc2c1. The van der Waals surface area contributed by atoms with Crippen molar-refractivity contribution in [3.63, 3.8) is 0 Å². The molecular formula is C20H21BrN4O5. The number of aliphatic hydroxyl groups is 1. The number of aliphatic hydroxyl groups excluding tert-OH is 1. The van der Waals surface area contributed by atoms with Crippen molar-refractivity contribution in [1.29, 1.82) is 0 Å². The standard InChI is InChI=1S/C20H21BrN4O5/c21-18-7-15(30-24-18)9-23-19(27)17-6-14(26)10-25(17)20(28)29-11-12-5-13-3-1-2-4-16(13)22-8-12/h1-5,8,14-15,17,26H,6-7,9-11H2,(H,23,27). The van der Waals surface area contributed by atoms with E-state index in [1.807, 2.05) is 30.3 Å². The van der Waals surface area contributed by atoms with Crippen molar-refractivity contribution < 1.29 is 24.3 Å². The van der Waals surface area contributed by atoms with Crippen LogP contribution in [0.15, 0.2) is 41.7 Å². The first-order valence-electron chi connectivity index (χ1n) is 9.60. The van der Waals surface area contributed by atoms with Crippen LogP contribution in [0.5, 0.6) is 0 Å². The van der Waals surface area contributed by atoms with Gasteiger partial charge in [-0.2, -0.15) is 0 Å². The minimum absolute atomic E-state index is 0.0267. The number of fused-ring (bicyclic) bond motifs is 1. The van der Waals surface area contributed by atoms with Gasteiger partial charge in [0.25, 0.3) is 0 Å². The van der Waals surface area contributed by atoms with Crippen LogP contribution >= 0.6 is 15.9 Å². The number of pyridine rings is 1. The molecule has 0 bridgehead atoms. The Kier molecular flexibility index (Phi) is 6.14. The second kappa shape index (κ2) is 8.97. The van der Waals surface area contributed by atoms with Crippen LogP contribution in [0, 0.1) is 0 Å². The van der Waals surface area contributed by atoms with Crippen LogP contribution < -0.4 is 5.32 Å². The van der Waals surface area contributed by atoms with Crippen LogP contribution in [0.4, 0.5) is 4.79 Å². The molecule has 4 rings (SSSR count). The fraction of sp³-hybridized carbons (Fsp3) is 0.400. The first-order valence-corrected chi connectivity index (χ1v) is 10.4. The molecule has 2 amide bonds. The first-order chi connectivity index (χ1) is 14.5. The summed E-state index contributed by atoms with van der Waals surface area (Å²) < 4.78 is 6.07. The second-order valence-corrected chi connectivity index (χ2v) is 8.21. The number of oxime groups is 1. The highest BCUT2D eigenvalue weighted by atomic mass is 79.9. The molecule has 0 saturated carbocycles. The summed E-state index contributed by atoms with van der Waals surface area (Å²) in [6.07, 6.45) is 0.693. The monoisotopic (exact) mass is 476 g/mol. The third-order valence-corrected chi connectivity index (χ3v) is 5.50. The third kappa shape index (κ3) is 4.71. The molecule has 3 unspecified atom stereocenters. The van der Waals surface area contributed by atoms with Crippen LogP contribution in [-0.4, -0.2) is 63.0 Å². The fourth-order valence-electron chi connectivity index (χ4n) is 3.52. The predicted octanol–water partition coefficient (Wildman–Crippen LogP) is 1.92. The molecule has 1 aromatic heterocycles. The van der Waals surface area contributed by atoms with Gasteiger partial charge in [0, 0.05) is 30.0 Å². The molecule has 3 heterocycles. The van der Waals surface area contributed by atoms with Gasteiger partial charge in [0.2, 0.25) is 5.91 Å². The minimum atomic E-state index is -0.798. The van der Waals surface area contributed by atoms with Gasteiger partial charge in [0.05, 0.1) is 24.7 Å². The van der Waals surface area contributed by atoms with Gasteiger partial charge in [0.1, 0.15) is 17.3 Å². The van der Waals surface area contributed by atoms with Gasteiger partial charge in [-0.15, -0.1) is 0 Å². The molecule has 10 heteroatoms. The van der Waals surface area contributed by atoms with E-state index >= 15 is 0 Å². The predicted molar refractivity (Wildman–Crippen MR) is 112 cm³/mol. The summed E-state index contributed by atoms with van der Waals surface area (Å²) >= 11 is 3.24. The van der Waals surface area contributed by atoms with Crippen molar-refractivity contribution >= 4 is 43.5 Å². The maximum atomic E-state index is 12.6. The number of nitrogens with one attached hydrogen (secondary N) is 1. The highest BCUT2D eigenvalue weighted by Crippen LogP contribution is 2.21. The zero-order chi connectivity index (χ0) is 21.1. The number of rotatable bonds is 5. The number of carbonyl (C=O) groups is 2. The Morgan fingerprint density at radius 1 is 1.37 bits per heavy atom. The van der Waals surface area contributed by atoms with Crippen molar-refractivity contribution in [1.82, 2.24) is 15.2 Å². The summed E-state index contributed by atoms with van der Waals surface area (Å²) in [6, 6.07) is 8.76. The summed E-state index contributed by atoms with van der Waals surface area (Å²) in [5.41, 5.74) is 1.60. The number of hydrogen-bond donors (Lipinski definition) is 2. The lowest BCUT2D eigenvalue weighted by Gasteiger charge is -2.23. The number of likely N-dealkylation sites (tertiary alicyclic amines) is 1. The quantitative estimate of drug-likeness (QED) is 0.681. The van der Waals surface area contributed by atoms with E-state index < -0.39 is 18.2 Å². The number of nitrogens with zero attached hydrogens (tertiary/aromatic N) is 3.